The maximum absolute atomic E-state index is 14.7. The summed E-state index contributed by atoms with van der Waals surface area (Å²) >= 11 is 6.17. The summed E-state index contributed by atoms with van der Waals surface area (Å²) in [4.78, 5) is 12.9. The first-order chi connectivity index (χ1) is 13.6. The summed E-state index contributed by atoms with van der Waals surface area (Å²) in [5.41, 5.74) is 1.22. The highest BCUT2D eigenvalue weighted by molar-refractivity contribution is 6.32. The van der Waals surface area contributed by atoms with Crippen molar-refractivity contribution in [2.24, 2.45) is 5.92 Å². The molecule has 2 saturated heterocycles. The van der Waals surface area contributed by atoms with Crippen molar-refractivity contribution in [2.75, 3.05) is 68.5 Å². The molecule has 9 heteroatoms. The van der Waals surface area contributed by atoms with Crippen molar-refractivity contribution in [3.63, 3.8) is 0 Å². The normalized spacial score (nSPS) is 18.0. The molecule has 0 radical (unpaired) electrons. The average Bonchev–Trinajstić information content (AvgIpc) is 2.64. The number of nitrogens with zero attached hydrogens (tertiary/aromatic N) is 4. The van der Waals surface area contributed by atoms with Crippen molar-refractivity contribution >= 4 is 34.7 Å². The standard InChI is InChI=1S/C19H24ClFN6O/c1-26-4-6-27(7-5-26)17-3-2-14(8-16(17)21)24-19-23-10-15(20)18(25-19)22-9-13-11-28-12-13/h2-3,8,10,13H,4-7,9,11-12H2,1H3,(H2,22,23,24,25). The lowest BCUT2D eigenvalue weighted by Crippen LogP contribution is -2.44. The van der Waals surface area contributed by atoms with Crippen molar-refractivity contribution in [1.29, 1.82) is 0 Å². The van der Waals surface area contributed by atoms with Crippen LogP contribution in [0.3, 0.4) is 0 Å². The number of nitrogens with one attached hydrogen (secondary N) is 2. The Morgan fingerprint density at radius 2 is 2.04 bits per heavy atom. The molecule has 2 fully saturated rings. The molecule has 2 aliphatic heterocycles. The molecule has 0 saturated carbocycles. The number of hydrogen-bond acceptors (Lipinski definition) is 7. The second-order valence-corrected chi connectivity index (χ2v) is 7.66. The van der Waals surface area contributed by atoms with Crippen molar-refractivity contribution in [3.05, 3.63) is 35.2 Å². The zero-order valence-electron chi connectivity index (χ0n) is 15.8. The van der Waals surface area contributed by atoms with Crippen LogP contribution in [-0.2, 0) is 4.74 Å². The van der Waals surface area contributed by atoms with Crippen LogP contribution in [0.15, 0.2) is 24.4 Å². The van der Waals surface area contributed by atoms with Gasteiger partial charge in [-0.2, -0.15) is 4.98 Å². The number of rotatable bonds is 6. The quantitative estimate of drug-likeness (QED) is 0.764. The largest absolute Gasteiger partial charge is 0.381 e. The van der Waals surface area contributed by atoms with Gasteiger partial charge in [0.1, 0.15) is 10.8 Å². The highest BCUT2D eigenvalue weighted by Gasteiger charge is 2.19. The Bertz CT molecular complexity index is 826. The maximum atomic E-state index is 14.7. The number of piperazine rings is 1. The Kier molecular flexibility index (Phi) is 5.79. The molecule has 0 aliphatic carbocycles. The Balaban J connectivity index is 1.42. The van der Waals surface area contributed by atoms with Crippen LogP contribution >= 0.6 is 11.6 Å². The molecule has 7 nitrogen and oxygen atoms in total. The van der Waals surface area contributed by atoms with E-state index in [1.54, 1.807) is 6.07 Å². The number of halogens is 2. The smallest absolute Gasteiger partial charge is 0.229 e. The van der Waals surface area contributed by atoms with E-state index in [1.165, 1.54) is 12.3 Å². The number of hydrogen-bond donors (Lipinski definition) is 2. The molecule has 1 aromatic carbocycles. The fourth-order valence-electron chi connectivity index (χ4n) is 3.21. The van der Waals surface area contributed by atoms with E-state index in [2.05, 4.69) is 37.4 Å². The van der Waals surface area contributed by atoms with E-state index in [-0.39, 0.29) is 5.82 Å². The number of anilines is 4. The third-order valence-electron chi connectivity index (χ3n) is 5.06. The molecule has 28 heavy (non-hydrogen) atoms. The van der Waals surface area contributed by atoms with Crippen molar-refractivity contribution in [3.8, 4) is 0 Å². The minimum absolute atomic E-state index is 0.258. The highest BCUT2D eigenvalue weighted by Crippen LogP contribution is 2.26. The number of likely N-dealkylation sites (N-methyl/N-ethyl adjacent to an activating group) is 1. The third-order valence-corrected chi connectivity index (χ3v) is 5.33. The van der Waals surface area contributed by atoms with E-state index in [4.69, 9.17) is 16.3 Å². The van der Waals surface area contributed by atoms with Crippen LogP contribution < -0.4 is 15.5 Å². The Labute approximate surface area is 168 Å². The lowest BCUT2D eigenvalue weighted by atomic mass is 10.1. The highest BCUT2D eigenvalue weighted by atomic mass is 35.5. The second-order valence-electron chi connectivity index (χ2n) is 7.26. The van der Waals surface area contributed by atoms with E-state index >= 15 is 0 Å². The first kappa shape index (κ1) is 19.2. The summed E-state index contributed by atoms with van der Waals surface area (Å²) in [6.45, 7) is 5.74. The van der Waals surface area contributed by atoms with Gasteiger partial charge in [-0.25, -0.2) is 9.37 Å². The fraction of sp³-hybridized carbons (Fsp3) is 0.474. The number of ether oxygens (including phenoxy) is 1. The molecule has 1 aromatic heterocycles. The van der Waals surface area contributed by atoms with Crippen LogP contribution in [0.5, 0.6) is 0 Å². The van der Waals surface area contributed by atoms with Crippen LogP contribution in [-0.4, -0.2) is 67.9 Å². The van der Waals surface area contributed by atoms with Gasteiger partial charge < -0.3 is 25.2 Å². The van der Waals surface area contributed by atoms with E-state index in [0.717, 1.165) is 45.9 Å². The van der Waals surface area contributed by atoms with Crippen LogP contribution in [0, 0.1) is 11.7 Å². The maximum Gasteiger partial charge on any atom is 0.229 e. The van der Waals surface area contributed by atoms with Crippen LogP contribution in [0.1, 0.15) is 0 Å². The second kappa shape index (κ2) is 8.46. The van der Waals surface area contributed by atoms with E-state index < -0.39 is 0 Å². The van der Waals surface area contributed by atoms with Gasteiger partial charge in [-0.05, 0) is 25.2 Å². The summed E-state index contributed by atoms with van der Waals surface area (Å²) in [5.74, 6) is 1.13. The summed E-state index contributed by atoms with van der Waals surface area (Å²) in [7, 11) is 2.08. The minimum atomic E-state index is -0.258. The first-order valence-corrected chi connectivity index (χ1v) is 9.80. The molecule has 0 amide bonds. The van der Waals surface area contributed by atoms with E-state index in [1.807, 2.05) is 6.07 Å². The molecule has 0 atom stereocenters. The Morgan fingerprint density at radius 3 is 2.71 bits per heavy atom. The van der Waals surface area contributed by atoms with Crippen LogP contribution in [0.25, 0.3) is 0 Å². The molecular formula is C19H24ClFN6O. The van der Waals surface area contributed by atoms with Gasteiger partial charge in [0, 0.05) is 44.3 Å². The Hall–Kier alpha value is -2.16. The summed E-state index contributed by atoms with van der Waals surface area (Å²) in [6, 6.07) is 5.12. The lowest BCUT2D eigenvalue weighted by molar-refractivity contribution is -0.0248. The summed E-state index contributed by atoms with van der Waals surface area (Å²) < 4.78 is 19.8. The summed E-state index contributed by atoms with van der Waals surface area (Å²) in [5, 5.41) is 6.72. The molecule has 150 valence electrons. The lowest BCUT2D eigenvalue weighted by Gasteiger charge is -2.34. The predicted octanol–water partition coefficient (Wildman–Crippen LogP) is 2.82. The Morgan fingerprint density at radius 1 is 1.25 bits per heavy atom. The molecule has 0 spiro atoms. The molecular weight excluding hydrogens is 383 g/mol. The van der Waals surface area contributed by atoms with Gasteiger partial charge in [0.2, 0.25) is 5.95 Å². The molecule has 4 rings (SSSR count). The molecule has 2 N–H and O–H groups in total. The number of aromatic nitrogens is 2. The predicted molar refractivity (Wildman–Crippen MR) is 109 cm³/mol. The molecule has 3 heterocycles. The molecule has 0 bridgehead atoms. The van der Waals surface area contributed by atoms with Gasteiger partial charge >= 0.3 is 0 Å². The van der Waals surface area contributed by atoms with Crippen molar-refractivity contribution in [1.82, 2.24) is 14.9 Å². The van der Waals surface area contributed by atoms with E-state index in [9.17, 15) is 4.39 Å². The topological polar surface area (TPSA) is 65.5 Å². The minimum Gasteiger partial charge on any atom is -0.381 e. The third kappa shape index (κ3) is 4.45. The first-order valence-electron chi connectivity index (χ1n) is 9.43. The van der Waals surface area contributed by atoms with Crippen LogP contribution in [0.2, 0.25) is 5.02 Å². The zero-order valence-corrected chi connectivity index (χ0v) is 16.5. The molecule has 2 aliphatic rings. The molecule has 0 unspecified atom stereocenters. The van der Waals surface area contributed by atoms with Gasteiger partial charge in [0.25, 0.3) is 0 Å². The fourth-order valence-corrected chi connectivity index (χ4v) is 3.37. The van der Waals surface area contributed by atoms with Crippen molar-refractivity contribution in [2.45, 2.75) is 0 Å². The van der Waals surface area contributed by atoms with Gasteiger partial charge in [0.15, 0.2) is 5.82 Å². The number of benzene rings is 1. The van der Waals surface area contributed by atoms with Crippen molar-refractivity contribution < 1.29 is 9.13 Å². The van der Waals surface area contributed by atoms with Crippen LogP contribution in [0.4, 0.5) is 27.5 Å². The SMILES string of the molecule is CN1CCN(c2ccc(Nc3ncc(Cl)c(NCC4COC4)n3)cc2F)CC1. The van der Waals surface area contributed by atoms with E-state index in [0.29, 0.717) is 34.1 Å². The van der Waals surface area contributed by atoms with Gasteiger partial charge in [-0.3, -0.25) is 0 Å². The zero-order chi connectivity index (χ0) is 19.5. The monoisotopic (exact) mass is 406 g/mol. The van der Waals surface area contributed by atoms with Gasteiger partial charge in [-0.15, -0.1) is 0 Å². The van der Waals surface area contributed by atoms with Gasteiger partial charge in [-0.1, -0.05) is 11.6 Å². The average molecular weight is 407 g/mol. The van der Waals surface area contributed by atoms with Gasteiger partial charge in [0.05, 0.1) is 25.1 Å². The summed E-state index contributed by atoms with van der Waals surface area (Å²) in [6.07, 6.45) is 1.53. The molecule has 2 aromatic rings.